The number of carbonyl (C=O) groups excluding carboxylic acids is 2. The summed E-state index contributed by atoms with van der Waals surface area (Å²) in [5.41, 5.74) is 0.354. The number of nitrogens with zero attached hydrogens (tertiary/aromatic N) is 2. The minimum absolute atomic E-state index is 0.230. The Labute approximate surface area is 179 Å². The normalized spacial score (nSPS) is 17.7. The Hall–Kier alpha value is -3.83. The number of fused-ring (bicyclic) bond motifs is 2. The van der Waals surface area contributed by atoms with Gasteiger partial charge in [0, 0.05) is 11.8 Å². The van der Waals surface area contributed by atoms with Crippen molar-refractivity contribution in [3.8, 4) is 0 Å². The van der Waals surface area contributed by atoms with Crippen LogP contribution in [0.4, 0.5) is 5.69 Å². The predicted octanol–water partition coefficient (Wildman–Crippen LogP) is 4.24. The molecule has 1 N–H and O–H groups in total. The van der Waals surface area contributed by atoms with Crippen LogP contribution < -0.4 is 4.90 Å². The quantitative estimate of drug-likeness (QED) is 0.502. The molecule has 1 amide bonds. The van der Waals surface area contributed by atoms with Gasteiger partial charge in [-0.15, -0.1) is 0 Å². The maximum Gasteiger partial charge on any atom is 0.264 e. The van der Waals surface area contributed by atoms with Crippen LogP contribution in [0.3, 0.4) is 0 Å². The molecule has 3 aromatic carbocycles. The minimum Gasteiger partial charge on any atom is -0.375 e. The van der Waals surface area contributed by atoms with Gasteiger partial charge in [-0.2, -0.15) is 0 Å². The molecule has 0 saturated heterocycles. The van der Waals surface area contributed by atoms with Crippen LogP contribution in [0, 0.1) is 0 Å². The molecule has 0 bridgehead atoms. The van der Waals surface area contributed by atoms with Gasteiger partial charge in [0.05, 0.1) is 18.7 Å². The standard InChI is InChI=1S/C26H20N2O3/c29-24(22-13-5-6-15-27-22)16-26(31)21-12-3-4-14-23(21)28(25(26)30)17-19-10-7-9-18-8-1-2-11-20(18)19/h1-15,31H,16-17H2/t26-/m1/s1. The van der Waals surface area contributed by atoms with Crippen LogP contribution in [0.2, 0.25) is 0 Å². The number of pyridine rings is 1. The lowest BCUT2D eigenvalue weighted by molar-refractivity contribution is -0.136. The number of hydrogen-bond donors (Lipinski definition) is 1. The number of hydrogen-bond acceptors (Lipinski definition) is 4. The van der Waals surface area contributed by atoms with Gasteiger partial charge in [-0.3, -0.25) is 14.6 Å². The molecule has 1 aromatic heterocycles. The third-order valence-electron chi connectivity index (χ3n) is 5.81. The summed E-state index contributed by atoms with van der Waals surface area (Å²) in [5.74, 6) is -0.871. The van der Waals surface area contributed by atoms with E-state index in [1.165, 1.54) is 6.20 Å². The molecule has 1 atom stereocenters. The number of rotatable bonds is 5. The molecule has 31 heavy (non-hydrogen) atoms. The van der Waals surface area contributed by atoms with Gasteiger partial charge in [0.15, 0.2) is 11.4 Å². The van der Waals surface area contributed by atoms with Crippen molar-refractivity contribution < 1.29 is 14.7 Å². The van der Waals surface area contributed by atoms with Crippen molar-refractivity contribution in [3.63, 3.8) is 0 Å². The van der Waals surface area contributed by atoms with Gasteiger partial charge in [0.2, 0.25) is 0 Å². The maximum atomic E-state index is 13.5. The number of anilines is 1. The fourth-order valence-electron chi connectivity index (χ4n) is 4.29. The zero-order valence-corrected chi connectivity index (χ0v) is 16.7. The molecule has 4 aromatic rings. The number of para-hydroxylation sites is 1. The van der Waals surface area contributed by atoms with Crippen LogP contribution in [-0.2, 0) is 16.9 Å². The zero-order chi connectivity index (χ0) is 21.4. The summed E-state index contributed by atoms with van der Waals surface area (Å²) in [7, 11) is 0. The molecule has 0 saturated carbocycles. The molecule has 0 unspecified atom stereocenters. The second kappa shape index (κ2) is 7.45. The van der Waals surface area contributed by atoms with Crippen molar-refractivity contribution in [2.24, 2.45) is 0 Å². The number of amides is 1. The maximum absolute atomic E-state index is 13.5. The summed E-state index contributed by atoms with van der Waals surface area (Å²) in [4.78, 5) is 31.9. The van der Waals surface area contributed by atoms with E-state index in [0.29, 0.717) is 17.8 Å². The molecular weight excluding hydrogens is 388 g/mol. The van der Waals surface area contributed by atoms with Crippen molar-refractivity contribution >= 4 is 28.2 Å². The highest BCUT2D eigenvalue weighted by atomic mass is 16.3. The van der Waals surface area contributed by atoms with Gasteiger partial charge in [-0.25, -0.2) is 0 Å². The Morgan fingerprint density at radius 1 is 0.903 bits per heavy atom. The number of ketones is 1. The van der Waals surface area contributed by atoms with Crippen LogP contribution in [0.25, 0.3) is 10.8 Å². The summed E-state index contributed by atoms with van der Waals surface area (Å²) in [6.07, 6.45) is 1.17. The van der Waals surface area contributed by atoms with E-state index < -0.39 is 11.5 Å². The highest BCUT2D eigenvalue weighted by Crippen LogP contribution is 2.43. The summed E-state index contributed by atoms with van der Waals surface area (Å²) in [5, 5.41) is 13.6. The average molecular weight is 408 g/mol. The van der Waals surface area contributed by atoms with Gasteiger partial charge in [-0.1, -0.05) is 66.7 Å². The third kappa shape index (κ3) is 3.20. The lowest BCUT2D eigenvalue weighted by atomic mass is 9.89. The Bertz CT molecular complexity index is 1300. The van der Waals surface area contributed by atoms with Crippen molar-refractivity contribution in [1.82, 2.24) is 4.98 Å². The second-order valence-corrected chi connectivity index (χ2v) is 7.72. The van der Waals surface area contributed by atoms with Crippen molar-refractivity contribution in [1.29, 1.82) is 0 Å². The Kier molecular flexibility index (Phi) is 4.60. The van der Waals surface area contributed by atoms with E-state index in [9.17, 15) is 14.7 Å². The lowest BCUT2D eigenvalue weighted by Crippen LogP contribution is -2.41. The first kappa shape index (κ1) is 19.2. The molecule has 1 aliphatic heterocycles. The molecular formula is C26H20N2O3. The molecule has 1 aliphatic rings. The first-order valence-corrected chi connectivity index (χ1v) is 10.1. The van der Waals surface area contributed by atoms with Crippen molar-refractivity contribution in [2.75, 3.05) is 4.90 Å². The Morgan fingerprint density at radius 2 is 1.65 bits per heavy atom. The van der Waals surface area contributed by atoms with Crippen molar-refractivity contribution in [2.45, 2.75) is 18.6 Å². The predicted molar refractivity (Wildman–Crippen MR) is 119 cm³/mol. The number of aliphatic hydroxyl groups is 1. The topological polar surface area (TPSA) is 70.5 Å². The van der Waals surface area contributed by atoms with E-state index >= 15 is 0 Å². The van der Waals surface area contributed by atoms with Crippen LogP contribution in [0.1, 0.15) is 28.0 Å². The van der Waals surface area contributed by atoms with Gasteiger partial charge in [0.25, 0.3) is 5.91 Å². The van der Waals surface area contributed by atoms with E-state index in [1.807, 2.05) is 54.6 Å². The number of carbonyl (C=O) groups is 2. The molecule has 5 heteroatoms. The summed E-state index contributed by atoms with van der Waals surface area (Å²) >= 11 is 0. The van der Waals surface area contributed by atoms with Crippen LogP contribution in [0.15, 0.2) is 91.1 Å². The average Bonchev–Trinajstić information content (AvgIpc) is 3.02. The molecule has 0 spiro atoms. The highest BCUT2D eigenvalue weighted by molar-refractivity contribution is 6.10. The summed E-state index contributed by atoms with van der Waals surface area (Å²) in [6.45, 7) is 0.303. The SMILES string of the molecule is O=C(C[C@]1(O)C(=O)N(Cc2cccc3ccccc23)c2ccccc21)c1ccccn1. The van der Waals surface area contributed by atoms with E-state index in [-0.39, 0.29) is 17.9 Å². The zero-order valence-electron chi connectivity index (χ0n) is 16.7. The van der Waals surface area contributed by atoms with Crippen LogP contribution in [0.5, 0.6) is 0 Å². The number of aromatic nitrogens is 1. The van der Waals surface area contributed by atoms with E-state index in [0.717, 1.165) is 16.3 Å². The highest BCUT2D eigenvalue weighted by Gasteiger charge is 2.50. The molecule has 0 aliphatic carbocycles. The first-order valence-electron chi connectivity index (χ1n) is 10.1. The smallest absolute Gasteiger partial charge is 0.264 e. The van der Waals surface area contributed by atoms with E-state index in [1.54, 1.807) is 35.2 Å². The summed E-state index contributed by atoms with van der Waals surface area (Å²) < 4.78 is 0. The lowest BCUT2D eigenvalue weighted by Gasteiger charge is -2.23. The van der Waals surface area contributed by atoms with Crippen LogP contribution in [-0.4, -0.2) is 21.8 Å². The molecule has 5 rings (SSSR count). The number of benzene rings is 3. The fraction of sp³-hybridized carbons (Fsp3) is 0.115. The van der Waals surface area contributed by atoms with Gasteiger partial charge in [-0.05, 0) is 34.5 Å². The molecule has 5 nitrogen and oxygen atoms in total. The molecule has 152 valence electrons. The van der Waals surface area contributed by atoms with E-state index in [4.69, 9.17) is 0 Å². The van der Waals surface area contributed by atoms with Crippen LogP contribution >= 0.6 is 0 Å². The largest absolute Gasteiger partial charge is 0.375 e. The molecule has 0 radical (unpaired) electrons. The van der Waals surface area contributed by atoms with Gasteiger partial charge in [0.1, 0.15) is 5.69 Å². The van der Waals surface area contributed by atoms with Gasteiger partial charge >= 0.3 is 0 Å². The Balaban J connectivity index is 1.53. The third-order valence-corrected chi connectivity index (χ3v) is 5.81. The number of Topliss-reactive ketones (excluding diaryl/α,β-unsaturated/α-hetero) is 1. The molecule has 2 heterocycles. The minimum atomic E-state index is -1.92. The Morgan fingerprint density at radius 3 is 2.48 bits per heavy atom. The monoisotopic (exact) mass is 408 g/mol. The van der Waals surface area contributed by atoms with Crippen molar-refractivity contribution in [3.05, 3.63) is 108 Å². The van der Waals surface area contributed by atoms with E-state index in [2.05, 4.69) is 4.98 Å². The fourth-order valence-corrected chi connectivity index (χ4v) is 4.29. The van der Waals surface area contributed by atoms with Gasteiger partial charge < -0.3 is 10.0 Å². The first-order chi connectivity index (χ1) is 15.1. The second-order valence-electron chi connectivity index (χ2n) is 7.72. The summed E-state index contributed by atoms with van der Waals surface area (Å²) in [6, 6.07) is 26.1. The molecule has 0 fully saturated rings.